The highest BCUT2D eigenvalue weighted by atomic mass is 35.5. The number of nitro groups is 1. The Morgan fingerprint density at radius 2 is 2.00 bits per heavy atom. The Balaban J connectivity index is 2.39. The molecule has 6 heteroatoms. The molecular formula is C12H9ClN2O3. The van der Waals surface area contributed by atoms with Gasteiger partial charge in [-0.3, -0.25) is 10.1 Å². The van der Waals surface area contributed by atoms with E-state index in [1.807, 2.05) is 0 Å². The van der Waals surface area contributed by atoms with E-state index in [0.29, 0.717) is 16.5 Å². The molecule has 0 radical (unpaired) electrons. The standard InChI is InChI=1S/C12H9ClN2O3/c13-8-4-5-11(15(16)17)12(6-8)18-10-3-1-2-9(14)7-10/h1-7H,14H2. The lowest BCUT2D eigenvalue weighted by molar-refractivity contribution is -0.385. The summed E-state index contributed by atoms with van der Waals surface area (Å²) < 4.78 is 5.43. The van der Waals surface area contributed by atoms with Gasteiger partial charge in [-0.05, 0) is 18.2 Å². The number of nitrogens with zero attached hydrogens (tertiary/aromatic N) is 1. The second-order valence-corrected chi connectivity index (χ2v) is 3.98. The summed E-state index contributed by atoms with van der Waals surface area (Å²) in [6, 6.07) is 10.7. The smallest absolute Gasteiger partial charge is 0.311 e. The van der Waals surface area contributed by atoms with Gasteiger partial charge >= 0.3 is 5.69 Å². The molecule has 0 saturated heterocycles. The topological polar surface area (TPSA) is 78.4 Å². The summed E-state index contributed by atoms with van der Waals surface area (Å²) in [5.74, 6) is 0.499. The third-order valence-corrected chi connectivity index (χ3v) is 2.44. The van der Waals surface area contributed by atoms with E-state index in [0.717, 1.165) is 0 Å². The van der Waals surface area contributed by atoms with Crippen molar-refractivity contribution in [1.82, 2.24) is 0 Å². The summed E-state index contributed by atoms with van der Waals surface area (Å²) in [5.41, 5.74) is 5.96. The molecule has 0 aliphatic rings. The number of nitro benzene ring substituents is 1. The quantitative estimate of drug-likeness (QED) is 0.522. The van der Waals surface area contributed by atoms with Crippen LogP contribution in [0, 0.1) is 10.1 Å². The molecule has 0 spiro atoms. The van der Waals surface area contributed by atoms with Gasteiger partial charge in [0.15, 0.2) is 0 Å². The minimum atomic E-state index is -0.530. The SMILES string of the molecule is Nc1cccc(Oc2cc(Cl)ccc2[N+](=O)[O-])c1. The zero-order valence-corrected chi connectivity index (χ0v) is 9.92. The summed E-state index contributed by atoms with van der Waals surface area (Å²) in [5, 5.41) is 11.2. The van der Waals surface area contributed by atoms with E-state index in [1.165, 1.54) is 18.2 Å². The highest BCUT2D eigenvalue weighted by Crippen LogP contribution is 2.34. The number of hydrogen-bond acceptors (Lipinski definition) is 4. The molecular weight excluding hydrogens is 256 g/mol. The first-order valence-corrected chi connectivity index (χ1v) is 5.41. The van der Waals surface area contributed by atoms with E-state index in [-0.39, 0.29) is 11.4 Å². The first-order chi connectivity index (χ1) is 8.56. The van der Waals surface area contributed by atoms with Crippen LogP contribution >= 0.6 is 11.6 Å². The van der Waals surface area contributed by atoms with Gasteiger partial charge in [-0.2, -0.15) is 0 Å². The van der Waals surface area contributed by atoms with Crippen molar-refractivity contribution in [3.05, 3.63) is 57.6 Å². The van der Waals surface area contributed by atoms with E-state index < -0.39 is 4.92 Å². The molecule has 2 N–H and O–H groups in total. The molecule has 0 atom stereocenters. The molecule has 0 heterocycles. The monoisotopic (exact) mass is 264 g/mol. The number of halogens is 1. The Kier molecular flexibility index (Phi) is 3.34. The molecule has 18 heavy (non-hydrogen) atoms. The van der Waals surface area contributed by atoms with Gasteiger partial charge in [0.2, 0.25) is 5.75 Å². The van der Waals surface area contributed by atoms with Crippen LogP contribution in [0.2, 0.25) is 5.02 Å². The van der Waals surface area contributed by atoms with E-state index in [9.17, 15) is 10.1 Å². The minimum Gasteiger partial charge on any atom is -0.450 e. The van der Waals surface area contributed by atoms with Crippen molar-refractivity contribution in [2.45, 2.75) is 0 Å². The fourth-order valence-electron chi connectivity index (χ4n) is 1.43. The second kappa shape index (κ2) is 4.93. The molecule has 2 aromatic rings. The second-order valence-electron chi connectivity index (χ2n) is 3.54. The molecule has 92 valence electrons. The van der Waals surface area contributed by atoms with Crippen LogP contribution in [-0.4, -0.2) is 4.92 Å². The molecule has 0 unspecified atom stereocenters. The number of rotatable bonds is 3. The van der Waals surface area contributed by atoms with Crippen molar-refractivity contribution in [3.63, 3.8) is 0 Å². The van der Waals surface area contributed by atoms with Crippen LogP contribution in [0.15, 0.2) is 42.5 Å². The van der Waals surface area contributed by atoms with Gasteiger partial charge < -0.3 is 10.5 Å². The predicted octanol–water partition coefficient (Wildman–Crippen LogP) is 3.62. The van der Waals surface area contributed by atoms with Gasteiger partial charge in [-0.15, -0.1) is 0 Å². The summed E-state index contributed by atoms with van der Waals surface area (Å²) >= 11 is 5.79. The van der Waals surface area contributed by atoms with Crippen molar-refractivity contribution in [2.24, 2.45) is 0 Å². The lowest BCUT2D eigenvalue weighted by Gasteiger charge is -2.07. The Morgan fingerprint density at radius 3 is 2.67 bits per heavy atom. The van der Waals surface area contributed by atoms with Crippen LogP contribution < -0.4 is 10.5 Å². The largest absolute Gasteiger partial charge is 0.450 e. The number of benzene rings is 2. The summed E-state index contributed by atoms with van der Waals surface area (Å²) in [4.78, 5) is 10.3. The van der Waals surface area contributed by atoms with Crippen LogP contribution in [-0.2, 0) is 0 Å². The number of nitrogen functional groups attached to an aromatic ring is 1. The molecule has 0 aliphatic carbocycles. The van der Waals surface area contributed by atoms with Crippen LogP contribution in [0.25, 0.3) is 0 Å². The lowest BCUT2D eigenvalue weighted by atomic mass is 10.3. The summed E-state index contributed by atoms with van der Waals surface area (Å²) in [6.45, 7) is 0. The average Bonchev–Trinajstić information content (AvgIpc) is 2.28. The maximum atomic E-state index is 10.8. The lowest BCUT2D eigenvalue weighted by Crippen LogP contribution is -1.94. The number of ether oxygens (including phenoxy) is 1. The van der Waals surface area contributed by atoms with Gasteiger partial charge in [-0.1, -0.05) is 17.7 Å². The number of hydrogen-bond donors (Lipinski definition) is 1. The van der Waals surface area contributed by atoms with Crippen LogP contribution in [0.1, 0.15) is 0 Å². The van der Waals surface area contributed by atoms with Crippen molar-refractivity contribution in [3.8, 4) is 11.5 Å². The summed E-state index contributed by atoms with van der Waals surface area (Å²) in [7, 11) is 0. The zero-order chi connectivity index (χ0) is 13.1. The average molecular weight is 265 g/mol. The Bertz CT molecular complexity index is 602. The molecule has 0 aromatic heterocycles. The van der Waals surface area contributed by atoms with Crippen molar-refractivity contribution >= 4 is 23.0 Å². The van der Waals surface area contributed by atoms with Gasteiger partial charge in [0.05, 0.1) is 4.92 Å². The third-order valence-electron chi connectivity index (χ3n) is 2.20. The zero-order valence-electron chi connectivity index (χ0n) is 9.17. The Morgan fingerprint density at radius 1 is 1.22 bits per heavy atom. The van der Waals surface area contributed by atoms with Gasteiger partial charge in [-0.25, -0.2) is 0 Å². The number of nitrogens with two attached hydrogens (primary N) is 1. The van der Waals surface area contributed by atoms with Crippen LogP contribution in [0.4, 0.5) is 11.4 Å². The molecule has 0 amide bonds. The molecule has 0 fully saturated rings. The van der Waals surface area contributed by atoms with E-state index >= 15 is 0 Å². The summed E-state index contributed by atoms with van der Waals surface area (Å²) in [6.07, 6.45) is 0. The molecule has 0 aliphatic heterocycles. The molecule has 2 rings (SSSR count). The number of anilines is 1. The van der Waals surface area contributed by atoms with Crippen molar-refractivity contribution in [2.75, 3.05) is 5.73 Å². The van der Waals surface area contributed by atoms with E-state index in [4.69, 9.17) is 22.1 Å². The Hall–Kier alpha value is -2.27. The van der Waals surface area contributed by atoms with E-state index in [1.54, 1.807) is 24.3 Å². The highest BCUT2D eigenvalue weighted by Gasteiger charge is 2.16. The fraction of sp³-hybridized carbons (Fsp3) is 0. The van der Waals surface area contributed by atoms with Crippen molar-refractivity contribution < 1.29 is 9.66 Å². The normalized spacial score (nSPS) is 10.1. The fourth-order valence-corrected chi connectivity index (χ4v) is 1.59. The van der Waals surface area contributed by atoms with Crippen LogP contribution in [0.3, 0.4) is 0 Å². The minimum absolute atomic E-state index is 0.0816. The first-order valence-electron chi connectivity index (χ1n) is 5.03. The van der Waals surface area contributed by atoms with Crippen molar-refractivity contribution in [1.29, 1.82) is 0 Å². The maximum Gasteiger partial charge on any atom is 0.311 e. The first kappa shape index (κ1) is 12.2. The van der Waals surface area contributed by atoms with Crippen LogP contribution in [0.5, 0.6) is 11.5 Å². The van der Waals surface area contributed by atoms with E-state index in [2.05, 4.69) is 0 Å². The van der Waals surface area contributed by atoms with Gasteiger partial charge in [0.25, 0.3) is 0 Å². The molecule has 0 bridgehead atoms. The predicted molar refractivity (Wildman–Crippen MR) is 69.0 cm³/mol. The molecule has 2 aromatic carbocycles. The van der Waals surface area contributed by atoms with Gasteiger partial charge in [0.1, 0.15) is 5.75 Å². The molecule has 5 nitrogen and oxygen atoms in total. The Labute approximate surface area is 108 Å². The highest BCUT2D eigenvalue weighted by molar-refractivity contribution is 6.30. The maximum absolute atomic E-state index is 10.8. The van der Waals surface area contributed by atoms with Gasteiger partial charge in [0, 0.05) is 28.9 Å². The molecule has 0 saturated carbocycles. The third kappa shape index (κ3) is 2.70.